The summed E-state index contributed by atoms with van der Waals surface area (Å²) in [5.74, 6) is -2.54. The van der Waals surface area contributed by atoms with Crippen molar-refractivity contribution in [3.8, 4) is 5.75 Å². The molecule has 1 aromatic heterocycles. The van der Waals surface area contributed by atoms with E-state index in [2.05, 4.69) is 10.1 Å². The van der Waals surface area contributed by atoms with Gasteiger partial charge in [0.25, 0.3) is 5.79 Å². The van der Waals surface area contributed by atoms with Crippen LogP contribution in [0.25, 0.3) is 0 Å². The molecule has 1 aliphatic rings. The summed E-state index contributed by atoms with van der Waals surface area (Å²) in [7, 11) is 1.61. The van der Waals surface area contributed by atoms with Gasteiger partial charge in [0.2, 0.25) is 0 Å². The van der Waals surface area contributed by atoms with E-state index >= 15 is 0 Å². The van der Waals surface area contributed by atoms with Gasteiger partial charge in [-0.1, -0.05) is 12.1 Å². The average molecular weight is 357 g/mol. The first-order chi connectivity index (χ1) is 12.4. The van der Waals surface area contributed by atoms with E-state index in [4.69, 9.17) is 14.2 Å². The second kappa shape index (κ2) is 6.99. The number of aliphatic imine (C=N–C) groups is 1. The third-order valence-corrected chi connectivity index (χ3v) is 3.74. The minimum absolute atomic E-state index is 0.482. The van der Waals surface area contributed by atoms with E-state index in [0.717, 1.165) is 11.3 Å². The zero-order chi connectivity index (χ0) is 18.7. The third kappa shape index (κ3) is 3.90. The molecule has 0 bridgehead atoms. The summed E-state index contributed by atoms with van der Waals surface area (Å²) < 4.78 is 16.9. The molecule has 0 unspecified atom stereocenters. The highest BCUT2D eigenvalue weighted by atomic mass is 16.7. The Kier molecular flexibility index (Phi) is 4.75. The summed E-state index contributed by atoms with van der Waals surface area (Å²) in [6.45, 7) is 3.48. The number of benzene rings is 1. The second-order valence-electron chi connectivity index (χ2n) is 6.19. The van der Waals surface area contributed by atoms with Gasteiger partial charge >= 0.3 is 11.9 Å². The topological polar surface area (TPSA) is 92.0 Å². The molecule has 0 N–H and O–H groups in total. The molecular formula is C18H19N3O5. The first-order valence-corrected chi connectivity index (χ1v) is 8.02. The van der Waals surface area contributed by atoms with Gasteiger partial charge in [-0.3, -0.25) is 9.59 Å². The van der Waals surface area contributed by atoms with Crippen molar-refractivity contribution in [2.45, 2.75) is 26.2 Å². The van der Waals surface area contributed by atoms with Crippen LogP contribution in [0.2, 0.25) is 0 Å². The molecule has 0 radical (unpaired) electrons. The predicted octanol–water partition coefficient (Wildman–Crippen LogP) is 2.09. The summed E-state index contributed by atoms with van der Waals surface area (Å²) >= 11 is 0. The average Bonchev–Trinajstić information content (AvgIpc) is 3.01. The van der Waals surface area contributed by atoms with Gasteiger partial charge in [-0.2, -0.15) is 5.10 Å². The van der Waals surface area contributed by atoms with Crippen LogP contribution in [0.1, 0.15) is 19.4 Å². The normalized spacial score (nSPS) is 17.2. The highest BCUT2D eigenvalue weighted by Gasteiger charge is 2.42. The number of esters is 2. The number of carbonyl (C=O) groups excluding carboxylic acids is 2. The number of ether oxygens (including phenoxy) is 3. The Morgan fingerprint density at radius 1 is 1.19 bits per heavy atom. The molecule has 8 nitrogen and oxygen atoms in total. The van der Waals surface area contributed by atoms with Gasteiger partial charge in [-0.05, 0) is 17.7 Å². The summed E-state index contributed by atoms with van der Waals surface area (Å²) in [6.07, 6.45) is 2.82. The Balaban J connectivity index is 1.73. The van der Waals surface area contributed by atoms with E-state index in [1.54, 1.807) is 24.1 Å². The molecule has 1 fully saturated rings. The fraction of sp³-hybridized carbons (Fsp3) is 0.333. The van der Waals surface area contributed by atoms with E-state index < -0.39 is 23.6 Å². The van der Waals surface area contributed by atoms with E-state index in [0.29, 0.717) is 12.4 Å². The van der Waals surface area contributed by atoms with Crippen LogP contribution in [-0.2, 0) is 25.6 Å². The van der Waals surface area contributed by atoms with Crippen molar-refractivity contribution in [2.75, 3.05) is 7.11 Å². The number of cyclic esters (lactones) is 2. The zero-order valence-corrected chi connectivity index (χ0v) is 14.7. The molecule has 0 amide bonds. The van der Waals surface area contributed by atoms with Crippen LogP contribution in [-0.4, -0.2) is 40.8 Å². The van der Waals surface area contributed by atoms with Crippen LogP contribution in [0.4, 0.5) is 5.82 Å². The minimum atomic E-state index is -1.26. The monoisotopic (exact) mass is 357 g/mol. The number of hydrogen-bond donors (Lipinski definition) is 0. The molecule has 1 saturated heterocycles. The fourth-order valence-electron chi connectivity index (χ4n) is 2.46. The molecule has 0 spiro atoms. The summed E-state index contributed by atoms with van der Waals surface area (Å²) in [6, 6.07) is 9.25. The lowest BCUT2D eigenvalue weighted by Crippen LogP contribution is -2.46. The van der Waals surface area contributed by atoms with Gasteiger partial charge in [-0.15, -0.1) is 0 Å². The largest absolute Gasteiger partial charge is 0.497 e. The maximum Gasteiger partial charge on any atom is 0.329 e. The number of hydrogen-bond acceptors (Lipinski definition) is 7. The van der Waals surface area contributed by atoms with Gasteiger partial charge in [0.1, 0.15) is 11.6 Å². The Labute approximate surface area is 150 Å². The van der Waals surface area contributed by atoms with Crippen molar-refractivity contribution in [1.29, 1.82) is 0 Å². The Morgan fingerprint density at radius 3 is 2.46 bits per heavy atom. The SMILES string of the molecule is COc1ccc(Cn2nccc2N=CC2C(=O)OC(C)(C)OC2=O)cc1. The molecule has 26 heavy (non-hydrogen) atoms. The van der Waals surface area contributed by atoms with Crippen LogP contribution in [0.15, 0.2) is 41.5 Å². The number of carbonyl (C=O) groups is 2. The highest BCUT2D eigenvalue weighted by Crippen LogP contribution is 2.23. The highest BCUT2D eigenvalue weighted by molar-refractivity contribution is 6.10. The molecule has 0 aliphatic carbocycles. The Hall–Kier alpha value is -3.16. The molecule has 0 atom stereocenters. The van der Waals surface area contributed by atoms with Gasteiger partial charge < -0.3 is 14.2 Å². The zero-order valence-electron chi connectivity index (χ0n) is 14.7. The van der Waals surface area contributed by atoms with Crippen molar-refractivity contribution in [3.05, 3.63) is 42.1 Å². The quantitative estimate of drug-likeness (QED) is 0.462. The second-order valence-corrected chi connectivity index (χ2v) is 6.19. The lowest BCUT2D eigenvalue weighted by molar-refractivity contribution is -0.235. The van der Waals surface area contributed by atoms with Crippen LogP contribution in [0, 0.1) is 5.92 Å². The molecule has 3 rings (SSSR count). The molecule has 8 heteroatoms. The molecule has 2 aromatic rings. The lowest BCUT2D eigenvalue weighted by Gasteiger charge is -2.31. The molecule has 1 aromatic carbocycles. The standard InChI is InChI=1S/C18H19N3O5/c1-18(2)25-16(22)14(17(23)26-18)10-19-15-8-9-20-21(15)11-12-4-6-13(24-3)7-5-12/h4-10,14H,11H2,1-3H3. The number of nitrogens with zero attached hydrogens (tertiary/aromatic N) is 3. The van der Waals surface area contributed by atoms with Gasteiger partial charge in [0.05, 0.1) is 19.9 Å². The third-order valence-electron chi connectivity index (χ3n) is 3.74. The minimum Gasteiger partial charge on any atom is -0.497 e. The van der Waals surface area contributed by atoms with Gasteiger partial charge in [-0.25, -0.2) is 9.67 Å². The van der Waals surface area contributed by atoms with Gasteiger partial charge in [0, 0.05) is 26.1 Å². The molecular weight excluding hydrogens is 338 g/mol. The number of methoxy groups -OCH3 is 1. The van der Waals surface area contributed by atoms with Crippen LogP contribution < -0.4 is 4.74 Å². The first-order valence-electron chi connectivity index (χ1n) is 8.02. The summed E-state index contributed by atoms with van der Waals surface area (Å²) in [5.41, 5.74) is 1.00. The van der Waals surface area contributed by atoms with Crippen molar-refractivity contribution < 1.29 is 23.8 Å². The van der Waals surface area contributed by atoms with Gasteiger partial charge in [0.15, 0.2) is 5.92 Å². The smallest absolute Gasteiger partial charge is 0.329 e. The summed E-state index contributed by atoms with van der Waals surface area (Å²) in [5, 5.41) is 4.22. The van der Waals surface area contributed by atoms with E-state index in [1.807, 2.05) is 24.3 Å². The molecule has 1 aliphatic heterocycles. The Morgan fingerprint density at radius 2 is 1.85 bits per heavy atom. The van der Waals surface area contributed by atoms with E-state index in [-0.39, 0.29) is 0 Å². The van der Waals surface area contributed by atoms with Crippen molar-refractivity contribution >= 4 is 24.0 Å². The maximum absolute atomic E-state index is 12.0. The number of aromatic nitrogens is 2. The van der Waals surface area contributed by atoms with E-state index in [9.17, 15) is 9.59 Å². The van der Waals surface area contributed by atoms with Crippen molar-refractivity contribution in [2.24, 2.45) is 10.9 Å². The maximum atomic E-state index is 12.0. The summed E-state index contributed by atoms with van der Waals surface area (Å²) in [4.78, 5) is 28.2. The predicted molar refractivity (Wildman–Crippen MR) is 92.2 cm³/mol. The van der Waals surface area contributed by atoms with E-state index in [1.165, 1.54) is 20.1 Å². The molecule has 0 saturated carbocycles. The molecule has 136 valence electrons. The van der Waals surface area contributed by atoms with Crippen LogP contribution in [0.3, 0.4) is 0 Å². The van der Waals surface area contributed by atoms with Crippen molar-refractivity contribution in [3.63, 3.8) is 0 Å². The van der Waals surface area contributed by atoms with Crippen molar-refractivity contribution in [1.82, 2.24) is 9.78 Å². The number of rotatable bonds is 5. The van der Waals surface area contributed by atoms with Crippen LogP contribution >= 0.6 is 0 Å². The van der Waals surface area contributed by atoms with Crippen LogP contribution in [0.5, 0.6) is 5.75 Å². The first kappa shape index (κ1) is 17.7. The Bertz CT molecular complexity index is 819. The lowest BCUT2D eigenvalue weighted by atomic mass is 10.1. The molecule has 2 heterocycles. The fourth-order valence-corrected chi connectivity index (χ4v) is 2.46.